The summed E-state index contributed by atoms with van der Waals surface area (Å²) >= 11 is 0. The first-order chi connectivity index (χ1) is 13.9. The summed E-state index contributed by atoms with van der Waals surface area (Å²) in [6, 6.07) is -0.892. The maximum absolute atomic E-state index is 12.9. The lowest BCUT2D eigenvalue weighted by atomic mass is 10.1. The van der Waals surface area contributed by atoms with Crippen molar-refractivity contribution in [2.75, 3.05) is 19.7 Å². The minimum Gasteiger partial charge on any atom is -0.479 e. The summed E-state index contributed by atoms with van der Waals surface area (Å²) in [7, 11) is 0. The van der Waals surface area contributed by atoms with E-state index in [-0.39, 0.29) is 38.0 Å². The summed E-state index contributed by atoms with van der Waals surface area (Å²) in [6.45, 7) is 10.7. The van der Waals surface area contributed by atoms with Crippen molar-refractivity contribution in [3.05, 3.63) is 12.7 Å². The Morgan fingerprint density at radius 1 is 1.30 bits per heavy atom. The van der Waals surface area contributed by atoms with Gasteiger partial charge in [0.2, 0.25) is 11.8 Å². The van der Waals surface area contributed by atoms with E-state index >= 15 is 0 Å². The van der Waals surface area contributed by atoms with Crippen LogP contribution >= 0.6 is 0 Å². The van der Waals surface area contributed by atoms with Gasteiger partial charge in [0, 0.05) is 25.5 Å². The highest BCUT2D eigenvalue weighted by atomic mass is 16.6. The van der Waals surface area contributed by atoms with E-state index in [0.29, 0.717) is 6.61 Å². The van der Waals surface area contributed by atoms with Crippen LogP contribution < -0.4 is 10.6 Å². The molecule has 30 heavy (non-hydrogen) atoms. The topological polar surface area (TPSA) is 134 Å². The predicted octanol–water partition coefficient (Wildman–Crippen LogP) is 0.663. The highest BCUT2D eigenvalue weighted by Crippen LogP contribution is 2.44. The molecule has 4 atom stereocenters. The third-order valence-corrected chi connectivity index (χ3v) is 5.10. The molecule has 2 aliphatic rings. The van der Waals surface area contributed by atoms with Crippen molar-refractivity contribution in [2.24, 2.45) is 5.92 Å². The molecule has 3 N–H and O–H groups in total. The Morgan fingerprint density at radius 2 is 1.97 bits per heavy atom. The molecule has 0 unspecified atom stereocenters. The zero-order valence-electron chi connectivity index (χ0n) is 17.9. The lowest BCUT2D eigenvalue weighted by molar-refractivity contribution is -0.145. The molecule has 10 heteroatoms. The summed E-state index contributed by atoms with van der Waals surface area (Å²) in [5, 5.41) is 14.5. The molecular weight excluding hydrogens is 394 g/mol. The minimum absolute atomic E-state index is 0.172. The lowest BCUT2D eigenvalue weighted by Crippen LogP contribution is -2.54. The molecule has 10 nitrogen and oxygen atoms in total. The third-order valence-electron chi connectivity index (χ3n) is 5.10. The van der Waals surface area contributed by atoms with Crippen LogP contribution in [0.3, 0.4) is 0 Å². The van der Waals surface area contributed by atoms with Crippen LogP contribution in [0.4, 0.5) is 4.79 Å². The van der Waals surface area contributed by atoms with Crippen LogP contribution in [0.25, 0.3) is 0 Å². The van der Waals surface area contributed by atoms with Crippen molar-refractivity contribution >= 4 is 23.9 Å². The summed E-state index contributed by atoms with van der Waals surface area (Å²) in [5.41, 5.74) is -2.09. The van der Waals surface area contributed by atoms with Crippen molar-refractivity contribution < 1.29 is 33.8 Å². The zero-order valence-corrected chi connectivity index (χ0v) is 17.9. The van der Waals surface area contributed by atoms with Gasteiger partial charge in [-0.05, 0) is 34.1 Å². The summed E-state index contributed by atoms with van der Waals surface area (Å²) < 4.78 is 10.7. The summed E-state index contributed by atoms with van der Waals surface area (Å²) in [4.78, 5) is 50.4. The monoisotopic (exact) mass is 425 g/mol. The van der Waals surface area contributed by atoms with Gasteiger partial charge in [-0.15, -0.1) is 6.58 Å². The Kier molecular flexibility index (Phi) is 7.12. The van der Waals surface area contributed by atoms with E-state index in [1.54, 1.807) is 20.8 Å². The van der Waals surface area contributed by atoms with Gasteiger partial charge >= 0.3 is 12.1 Å². The molecule has 0 radical (unpaired) electrons. The Morgan fingerprint density at radius 3 is 2.47 bits per heavy atom. The van der Waals surface area contributed by atoms with E-state index in [9.17, 15) is 24.3 Å². The fourth-order valence-corrected chi connectivity index (χ4v) is 3.56. The molecular formula is C20H31N3O7. The van der Waals surface area contributed by atoms with Gasteiger partial charge in [-0.1, -0.05) is 6.08 Å². The Hall–Kier alpha value is -2.62. The number of carbonyl (C=O) groups excluding carboxylic acids is 3. The normalized spacial score (nSPS) is 27.9. The zero-order chi connectivity index (χ0) is 22.7. The number of nitrogens with one attached hydrogen (secondary N) is 2. The van der Waals surface area contributed by atoms with Gasteiger partial charge in [-0.3, -0.25) is 9.59 Å². The van der Waals surface area contributed by atoms with Crippen molar-refractivity contribution in [2.45, 2.75) is 63.8 Å². The van der Waals surface area contributed by atoms with Crippen LogP contribution in [0.1, 0.15) is 40.5 Å². The molecule has 0 aromatic heterocycles. The van der Waals surface area contributed by atoms with Gasteiger partial charge < -0.3 is 30.1 Å². The molecule has 1 saturated carbocycles. The van der Waals surface area contributed by atoms with E-state index in [4.69, 9.17) is 9.47 Å². The fraction of sp³-hybridized carbons (Fsp3) is 0.700. The largest absolute Gasteiger partial charge is 0.479 e. The Labute approximate surface area is 175 Å². The van der Waals surface area contributed by atoms with Crippen LogP contribution in [0.2, 0.25) is 0 Å². The van der Waals surface area contributed by atoms with Gasteiger partial charge in [0.15, 0.2) is 0 Å². The number of hydrogen-bond acceptors (Lipinski definition) is 6. The molecule has 2 fully saturated rings. The van der Waals surface area contributed by atoms with Gasteiger partial charge in [-0.2, -0.15) is 0 Å². The van der Waals surface area contributed by atoms with Crippen LogP contribution in [-0.4, -0.2) is 76.9 Å². The first-order valence-electron chi connectivity index (χ1n) is 9.99. The smallest absolute Gasteiger partial charge is 0.408 e. The van der Waals surface area contributed by atoms with E-state index < -0.39 is 41.1 Å². The van der Waals surface area contributed by atoms with Crippen LogP contribution in [0.5, 0.6) is 0 Å². The number of carboxylic acids is 1. The second-order valence-electron chi connectivity index (χ2n) is 8.54. The quantitative estimate of drug-likeness (QED) is 0.486. The molecule has 0 bridgehead atoms. The molecule has 1 aliphatic heterocycles. The summed E-state index contributed by atoms with van der Waals surface area (Å²) in [6.07, 6.45) is 0.903. The second-order valence-corrected chi connectivity index (χ2v) is 8.54. The van der Waals surface area contributed by atoms with Crippen molar-refractivity contribution in [3.63, 3.8) is 0 Å². The number of hydrogen-bond donors (Lipinski definition) is 3. The third kappa shape index (κ3) is 5.50. The van der Waals surface area contributed by atoms with Crippen molar-refractivity contribution in [1.29, 1.82) is 0 Å². The lowest BCUT2D eigenvalue weighted by Gasteiger charge is -2.26. The number of rotatable bonds is 8. The van der Waals surface area contributed by atoms with Crippen LogP contribution in [0.15, 0.2) is 12.7 Å². The maximum atomic E-state index is 12.9. The standard InChI is InChI=1S/C20H31N3O7/c1-6-12-9-20(12,17(26)27)22-16(25)14-8-13(29-7-2)11-23(14)15(24)10-21-18(28)30-19(3,4)5/h6,12-14H,1,7-11H2,2-5H3,(H,21,28)(H,22,25)(H,26,27)/t12-,13-,14+,20-/m1/s1. The molecule has 0 aromatic rings. The number of nitrogens with zero attached hydrogens (tertiary/aromatic N) is 1. The average Bonchev–Trinajstić information content (AvgIpc) is 3.19. The van der Waals surface area contributed by atoms with Crippen LogP contribution in [-0.2, 0) is 23.9 Å². The van der Waals surface area contributed by atoms with Gasteiger partial charge in [0.1, 0.15) is 23.7 Å². The predicted molar refractivity (Wildman–Crippen MR) is 107 cm³/mol. The highest BCUT2D eigenvalue weighted by molar-refractivity contribution is 5.95. The van der Waals surface area contributed by atoms with Crippen molar-refractivity contribution in [3.8, 4) is 0 Å². The molecule has 3 amide bonds. The maximum Gasteiger partial charge on any atom is 0.408 e. The van der Waals surface area contributed by atoms with Gasteiger partial charge in [0.05, 0.1) is 6.10 Å². The number of aliphatic carboxylic acids is 1. The molecule has 1 saturated heterocycles. The van der Waals surface area contributed by atoms with E-state index in [1.165, 1.54) is 11.0 Å². The first kappa shape index (κ1) is 23.7. The van der Waals surface area contributed by atoms with Crippen LogP contribution in [0, 0.1) is 5.92 Å². The number of ether oxygens (including phenoxy) is 2. The number of amides is 3. The average molecular weight is 425 g/mol. The summed E-state index contributed by atoms with van der Waals surface area (Å²) in [5.74, 6) is -2.54. The molecule has 1 aliphatic carbocycles. The van der Waals surface area contributed by atoms with E-state index in [0.717, 1.165) is 0 Å². The SMILES string of the molecule is C=C[C@@H]1C[C@]1(NC(=O)[C@@H]1C[C@@H](OCC)CN1C(=O)CNC(=O)OC(C)(C)C)C(=O)O. The number of alkyl carbamates (subject to hydrolysis) is 1. The minimum atomic E-state index is -1.38. The molecule has 0 aromatic carbocycles. The highest BCUT2D eigenvalue weighted by Gasteiger charge is 2.61. The van der Waals surface area contributed by atoms with Crippen molar-refractivity contribution in [1.82, 2.24) is 15.5 Å². The number of carboxylic acid groups (broad SMARTS) is 1. The second kappa shape index (κ2) is 9.03. The Bertz CT molecular complexity index is 718. The molecule has 1 heterocycles. The molecule has 0 spiro atoms. The number of likely N-dealkylation sites (tertiary alicyclic amines) is 1. The number of carbonyl (C=O) groups is 4. The molecule has 168 valence electrons. The first-order valence-corrected chi connectivity index (χ1v) is 9.99. The molecule has 2 rings (SSSR count). The fourth-order valence-electron chi connectivity index (χ4n) is 3.56. The van der Waals surface area contributed by atoms with E-state index in [1.807, 2.05) is 6.92 Å². The van der Waals surface area contributed by atoms with E-state index in [2.05, 4.69) is 17.2 Å². The van der Waals surface area contributed by atoms with Gasteiger partial charge in [0.25, 0.3) is 0 Å². The van der Waals surface area contributed by atoms with Gasteiger partial charge in [-0.25, -0.2) is 9.59 Å². The Balaban J connectivity index is 2.05.